The number of rotatable bonds is 8. The summed E-state index contributed by atoms with van der Waals surface area (Å²) in [5.41, 5.74) is 0. The normalized spacial score (nSPS) is 21.3. The van der Waals surface area contributed by atoms with E-state index in [0.29, 0.717) is 6.54 Å². The number of nitrogens with one attached hydrogen (secondary N) is 2. The molecule has 27 heavy (non-hydrogen) atoms. The molecule has 7 heteroatoms. The van der Waals surface area contributed by atoms with Gasteiger partial charge in [-0.3, -0.25) is 4.99 Å². The summed E-state index contributed by atoms with van der Waals surface area (Å²) in [5, 5.41) is 6.82. The van der Waals surface area contributed by atoms with E-state index in [1.165, 1.54) is 32.4 Å². The van der Waals surface area contributed by atoms with E-state index in [4.69, 9.17) is 9.47 Å². The molecule has 0 spiro atoms. The van der Waals surface area contributed by atoms with Gasteiger partial charge in [-0.25, -0.2) is 0 Å². The summed E-state index contributed by atoms with van der Waals surface area (Å²) in [5.74, 6) is 3.07. The Labute approximate surface area is 180 Å². The summed E-state index contributed by atoms with van der Waals surface area (Å²) < 4.78 is 11.3. The van der Waals surface area contributed by atoms with Crippen LogP contribution >= 0.6 is 24.0 Å². The molecule has 1 aliphatic heterocycles. The highest BCUT2D eigenvalue weighted by atomic mass is 127. The van der Waals surface area contributed by atoms with Gasteiger partial charge in [-0.05, 0) is 50.8 Å². The Morgan fingerprint density at radius 1 is 1.22 bits per heavy atom. The Bertz CT molecular complexity index is 609. The first-order chi connectivity index (χ1) is 12.7. The summed E-state index contributed by atoms with van der Waals surface area (Å²) in [7, 11) is 3.47. The van der Waals surface area contributed by atoms with Gasteiger partial charge in [-0.15, -0.1) is 24.0 Å². The molecule has 2 aliphatic rings. The van der Waals surface area contributed by atoms with Crippen molar-refractivity contribution in [3.8, 4) is 11.5 Å². The largest absolute Gasteiger partial charge is 0.493 e. The van der Waals surface area contributed by atoms with E-state index in [1.807, 2.05) is 38.2 Å². The van der Waals surface area contributed by atoms with Crippen LogP contribution in [0.4, 0.5) is 0 Å². The van der Waals surface area contributed by atoms with Crippen LogP contribution in [0.2, 0.25) is 0 Å². The molecule has 2 fully saturated rings. The van der Waals surface area contributed by atoms with Gasteiger partial charge in [0.25, 0.3) is 0 Å². The van der Waals surface area contributed by atoms with Crippen molar-refractivity contribution in [3.63, 3.8) is 0 Å². The third kappa shape index (κ3) is 6.71. The number of halogens is 1. The second-order valence-electron chi connectivity index (χ2n) is 7.29. The molecule has 0 radical (unpaired) electrons. The van der Waals surface area contributed by atoms with E-state index in [-0.39, 0.29) is 30.1 Å². The lowest BCUT2D eigenvalue weighted by Gasteiger charge is -2.20. The average Bonchev–Trinajstić information content (AvgIpc) is 3.41. The molecule has 1 heterocycles. The fourth-order valence-electron chi connectivity index (χ4n) is 3.48. The molecule has 2 N–H and O–H groups in total. The summed E-state index contributed by atoms with van der Waals surface area (Å²) in [6.45, 7) is 6.17. The molecular formula is C20H33IN4O2. The highest BCUT2D eigenvalue weighted by Gasteiger charge is 2.34. The van der Waals surface area contributed by atoms with E-state index in [2.05, 4.69) is 20.5 Å². The van der Waals surface area contributed by atoms with Gasteiger partial charge in [-0.1, -0.05) is 12.1 Å². The first kappa shape index (κ1) is 22.1. The van der Waals surface area contributed by atoms with Crippen molar-refractivity contribution in [2.75, 3.05) is 40.3 Å². The predicted octanol–water partition coefficient (Wildman–Crippen LogP) is 2.73. The number of hydrogen-bond donors (Lipinski definition) is 2. The van der Waals surface area contributed by atoms with Gasteiger partial charge in [0, 0.05) is 26.2 Å². The predicted molar refractivity (Wildman–Crippen MR) is 121 cm³/mol. The van der Waals surface area contributed by atoms with Crippen LogP contribution in [-0.2, 0) is 0 Å². The van der Waals surface area contributed by atoms with E-state index < -0.39 is 0 Å². The second-order valence-corrected chi connectivity index (χ2v) is 7.29. The van der Waals surface area contributed by atoms with Gasteiger partial charge < -0.3 is 25.0 Å². The lowest BCUT2D eigenvalue weighted by Crippen LogP contribution is -2.43. The maximum Gasteiger partial charge on any atom is 0.191 e. The van der Waals surface area contributed by atoms with Gasteiger partial charge in [0.2, 0.25) is 0 Å². The van der Waals surface area contributed by atoms with Gasteiger partial charge in [0.05, 0.1) is 13.7 Å². The molecule has 0 amide bonds. The zero-order valence-electron chi connectivity index (χ0n) is 16.6. The second kappa shape index (κ2) is 10.9. The summed E-state index contributed by atoms with van der Waals surface area (Å²) >= 11 is 0. The molecule has 0 bridgehead atoms. The van der Waals surface area contributed by atoms with Crippen molar-refractivity contribution >= 4 is 29.9 Å². The summed E-state index contributed by atoms with van der Waals surface area (Å²) in [6, 6.07) is 8.60. The Kier molecular flexibility index (Phi) is 8.95. The van der Waals surface area contributed by atoms with Crippen molar-refractivity contribution in [1.29, 1.82) is 0 Å². The van der Waals surface area contributed by atoms with Crippen molar-refractivity contribution < 1.29 is 9.47 Å². The summed E-state index contributed by atoms with van der Waals surface area (Å²) in [4.78, 5) is 6.97. The first-order valence-corrected chi connectivity index (χ1v) is 9.67. The monoisotopic (exact) mass is 488 g/mol. The van der Waals surface area contributed by atoms with Crippen molar-refractivity contribution in [2.24, 2.45) is 10.9 Å². The smallest absolute Gasteiger partial charge is 0.191 e. The molecule has 1 saturated carbocycles. The van der Waals surface area contributed by atoms with Crippen LogP contribution in [0, 0.1) is 5.92 Å². The molecule has 1 aromatic rings. The molecule has 152 valence electrons. The van der Waals surface area contributed by atoms with Crippen LogP contribution in [0.25, 0.3) is 0 Å². The van der Waals surface area contributed by atoms with Crippen LogP contribution in [0.3, 0.4) is 0 Å². The van der Waals surface area contributed by atoms with Crippen molar-refractivity contribution in [3.05, 3.63) is 24.3 Å². The third-order valence-electron chi connectivity index (χ3n) is 5.12. The number of guanidine groups is 1. The van der Waals surface area contributed by atoms with Gasteiger partial charge in [0.1, 0.15) is 6.10 Å². The van der Waals surface area contributed by atoms with Crippen LogP contribution < -0.4 is 20.1 Å². The molecule has 0 aromatic heterocycles. The number of benzene rings is 1. The number of ether oxygens (including phenoxy) is 2. The quantitative estimate of drug-likeness (QED) is 0.335. The van der Waals surface area contributed by atoms with E-state index in [1.54, 1.807) is 7.11 Å². The fraction of sp³-hybridized carbons (Fsp3) is 0.650. The molecule has 1 aliphatic carbocycles. The minimum Gasteiger partial charge on any atom is -0.493 e. The zero-order chi connectivity index (χ0) is 18.4. The fourth-order valence-corrected chi connectivity index (χ4v) is 3.48. The first-order valence-electron chi connectivity index (χ1n) is 9.67. The molecule has 6 nitrogen and oxygen atoms in total. The average molecular weight is 488 g/mol. The van der Waals surface area contributed by atoms with Crippen LogP contribution in [-0.4, -0.2) is 63.3 Å². The van der Waals surface area contributed by atoms with Gasteiger partial charge >= 0.3 is 0 Å². The molecule has 3 rings (SSSR count). The number of hydrogen-bond acceptors (Lipinski definition) is 4. The Morgan fingerprint density at radius 3 is 2.63 bits per heavy atom. The molecular weight excluding hydrogens is 455 g/mol. The van der Waals surface area contributed by atoms with Crippen molar-refractivity contribution in [2.45, 2.75) is 38.3 Å². The molecule has 1 saturated heterocycles. The highest BCUT2D eigenvalue weighted by molar-refractivity contribution is 14.0. The number of likely N-dealkylation sites (tertiary alicyclic amines) is 1. The Balaban J connectivity index is 0.00000261. The Hall–Kier alpha value is -1.22. The number of para-hydroxylation sites is 2. The van der Waals surface area contributed by atoms with Crippen LogP contribution in [0.15, 0.2) is 29.3 Å². The standard InChI is InChI=1S/C20H32N4O2.HI/c1-15(26-19-7-5-4-6-18(19)25-3)12-22-20(21-2)23-13-16-10-11-24(14-16)17-8-9-17;/h4-7,15-17H,8-14H2,1-3H3,(H2,21,22,23);1H. The van der Waals surface area contributed by atoms with E-state index in [9.17, 15) is 0 Å². The van der Waals surface area contributed by atoms with Gasteiger partial charge in [-0.2, -0.15) is 0 Å². The maximum absolute atomic E-state index is 5.98. The minimum atomic E-state index is 0. The number of nitrogens with zero attached hydrogens (tertiary/aromatic N) is 2. The van der Waals surface area contributed by atoms with Gasteiger partial charge in [0.15, 0.2) is 17.5 Å². The zero-order valence-corrected chi connectivity index (χ0v) is 18.9. The third-order valence-corrected chi connectivity index (χ3v) is 5.12. The number of aliphatic imine (C=N–C) groups is 1. The molecule has 2 atom stereocenters. The topological polar surface area (TPSA) is 58.1 Å². The molecule has 1 aromatic carbocycles. The lowest BCUT2D eigenvalue weighted by atomic mass is 10.1. The van der Waals surface area contributed by atoms with Crippen LogP contribution in [0.5, 0.6) is 11.5 Å². The minimum absolute atomic E-state index is 0. The number of methoxy groups -OCH3 is 1. The van der Waals surface area contributed by atoms with E-state index in [0.717, 1.165) is 36.0 Å². The molecule has 2 unspecified atom stereocenters. The lowest BCUT2D eigenvalue weighted by molar-refractivity contribution is 0.213. The SMILES string of the molecule is CN=C(NCC1CCN(C2CC2)C1)NCC(C)Oc1ccccc1OC.I. The maximum atomic E-state index is 5.98. The summed E-state index contributed by atoms with van der Waals surface area (Å²) in [6.07, 6.45) is 4.08. The van der Waals surface area contributed by atoms with Crippen LogP contribution in [0.1, 0.15) is 26.2 Å². The van der Waals surface area contributed by atoms with Crippen molar-refractivity contribution in [1.82, 2.24) is 15.5 Å². The highest BCUT2D eigenvalue weighted by Crippen LogP contribution is 2.31. The Morgan fingerprint density at radius 2 is 1.96 bits per heavy atom. The van der Waals surface area contributed by atoms with E-state index >= 15 is 0 Å².